The number of hydrogen-bond acceptors (Lipinski definition) is 3. The number of carbonyl (C=O) groups excluding carboxylic acids is 1. The number of nitrogens with zero attached hydrogens (tertiary/aromatic N) is 5. The lowest BCUT2D eigenvalue weighted by Gasteiger charge is -2.10. The maximum Gasteiger partial charge on any atom is 0.296 e. The highest BCUT2D eigenvalue weighted by molar-refractivity contribution is 6.31. The molecule has 0 fully saturated rings. The van der Waals surface area contributed by atoms with Gasteiger partial charge in [0.15, 0.2) is 0 Å². The number of aromatic nitrogens is 3. The zero-order chi connectivity index (χ0) is 21.3. The number of pyridine rings is 2. The first-order valence-electron chi connectivity index (χ1n) is 9.07. The van der Waals surface area contributed by atoms with Gasteiger partial charge in [-0.1, -0.05) is 17.7 Å². The second-order valence-electron chi connectivity index (χ2n) is 6.83. The summed E-state index contributed by atoms with van der Waals surface area (Å²) in [6.07, 6.45) is 6.42. The van der Waals surface area contributed by atoms with Gasteiger partial charge >= 0.3 is 0 Å². The third-order valence-electron chi connectivity index (χ3n) is 4.44. The predicted octanol–water partition coefficient (Wildman–Crippen LogP) is 4.59. The van der Waals surface area contributed by atoms with E-state index in [1.54, 1.807) is 41.7 Å². The minimum absolute atomic E-state index is 0.0285. The summed E-state index contributed by atoms with van der Waals surface area (Å²) < 4.78 is 15.3. The number of carbonyl (C=O) groups is 1. The molecule has 3 heterocycles. The maximum atomic E-state index is 13.6. The third-order valence-corrected chi connectivity index (χ3v) is 4.73. The standard InChI is InChI=1S/C22H17ClFN5O/c1-28(2)13-27-22(30)19-11-26-20-8-6-15(12-29(19)20)16-4-3-9-25-21(16)14-5-7-18(24)17(23)10-14/h3-13H,1-2H3. The molecule has 0 atom stereocenters. The van der Waals surface area contributed by atoms with Gasteiger partial charge in [-0.25, -0.2) is 9.37 Å². The molecule has 6 nitrogen and oxygen atoms in total. The molecule has 0 aliphatic carbocycles. The Bertz CT molecular complexity index is 1280. The molecule has 30 heavy (non-hydrogen) atoms. The molecule has 4 aromatic rings. The fraction of sp³-hybridized carbons (Fsp3) is 0.0909. The van der Waals surface area contributed by atoms with E-state index in [-0.39, 0.29) is 5.02 Å². The quantitative estimate of drug-likeness (QED) is 0.357. The van der Waals surface area contributed by atoms with Gasteiger partial charge in [0.2, 0.25) is 0 Å². The summed E-state index contributed by atoms with van der Waals surface area (Å²) in [6, 6.07) is 11.9. The lowest BCUT2D eigenvalue weighted by atomic mass is 10.0. The molecule has 0 N–H and O–H groups in total. The van der Waals surface area contributed by atoms with Crippen LogP contribution in [0.2, 0.25) is 5.02 Å². The number of fused-ring (bicyclic) bond motifs is 1. The minimum atomic E-state index is -0.487. The van der Waals surface area contributed by atoms with Crippen molar-refractivity contribution in [3.8, 4) is 22.4 Å². The average molecular weight is 422 g/mol. The number of benzene rings is 1. The molecule has 3 aromatic heterocycles. The molecule has 1 aromatic carbocycles. The Morgan fingerprint density at radius 1 is 1.17 bits per heavy atom. The Morgan fingerprint density at radius 3 is 2.73 bits per heavy atom. The van der Waals surface area contributed by atoms with Crippen molar-refractivity contribution in [3.05, 3.63) is 77.6 Å². The van der Waals surface area contributed by atoms with E-state index >= 15 is 0 Å². The zero-order valence-electron chi connectivity index (χ0n) is 16.3. The van der Waals surface area contributed by atoms with Crippen LogP contribution in [0.15, 0.2) is 66.0 Å². The van der Waals surface area contributed by atoms with Crippen LogP contribution in [0.3, 0.4) is 0 Å². The Hall–Kier alpha value is -3.58. The van der Waals surface area contributed by atoms with Gasteiger partial charge < -0.3 is 4.90 Å². The SMILES string of the molecule is CN(C)C=NC(=O)c1cnc2ccc(-c3cccnc3-c3ccc(F)c(Cl)c3)cn12. The van der Waals surface area contributed by atoms with Gasteiger partial charge in [-0.05, 0) is 36.4 Å². The topological polar surface area (TPSA) is 62.9 Å². The van der Waals surface area contributed by atoms with E-state index in [0.29, 0.717) is 22.6 Å². The molecule has 4 rings (SSSR count). The fourth-order valence-corrected chi connectivity index (χ4v) is 3.22. The van der Waals surface area contributed by atoms with E-state index in [1.807, 2.05) is 30.5 Å². The Kier molecular flexibility index (Phi) is 5.29. The number of amides is 1. The summed E-state index contributed by atoms with van der Waals surface area (Å²) in [5.74, 6) is -0.885. The van der Waals surface area contributed by atoms with Gasteiger partial charge in [0.05, 0.1) is 23.3 Å². The van der Waals surface area contributed by atoms with Crippen molar-refractivity contribution in [1.29, 1.82) is 0 Å². The predicted molar refractivity (Wildman–Crippen MR) is 115 cm³/mol. The van der Waals surface area contributed by atoms with Gasteiger partial charge in [-0.15, -0.1) is 0 Å². The largest absolute Gasteiger partial charge is 0.369 e. The van der Waals surface area contributed by atoms with E-state index in [2.05, 4.69) is 15.0 Å². The second kappa shape index (κ2) is 8.04. The monoisotopic (exact) mass is 421 g/mol. The molecular weight excluding hydrogens is 405 g/mol. The highest BCUT2D eigenvalue weighted by atomic mass is 35.5. The van der Waals surface area contributed by atoms with Crippen LogP contribution < -0.4 is 0 Å². The highest BCUT2D eigenvalue weighted by Crippen LogP contribution is 2.32. The van der Waals surface area contributed by atoms with Crippen LogP contribution in [0, 0.1) is 5.82 Å². The first-order valence-corrected chi connectivity index (χ1v) is 9.44. The van der Waals surface area contributed by atoms with Crippen molar-refractivity contribution in [1.82, 2.24) is 19.3 Å². The summed E-state index contributed by atoms with van der Waals surface area (Å²) in [6.45, 7) is 0. The van der Waals surface area contributed by atoms with Gasteiger partial charge in [-0.2, -0.15) is 4.99 Å². The van der Waals surface area contributed by atoms with Crippen molar-refractivity contribution in [2.24, 2.45) is 4.99 Å². The molecule has 1 amide bonds. The summed E-state index contributed by atoms with van der Waals surface area (Å²) >= 11 is 5.96. The Morgan fingerprint density at radius 2 is 1.97 bits per heavy atom. The van der Waals surface area contributed by atoms with Crippen molar-refractivity contribution in [2.75, 3.05) is 14.1 Å². The van der Waals surface area contributed by atoms with Crippen molar-refractivity contribution >= 4 is 29.5 Å². The first-order chi connectivity index (χ1) is 14.4. The van der Waals surface area contributed by atoms with Gasteiger partial charge in [-0.3, -0.25) is 14.2 Å². The van der Waals surface area contributed by atoms with Crippen molar-refractivity contribution < 1.29 is 9.18 Å². The van der Waals surface area contributed by atoms with Gasteiger partial charge in [0, 0.05) is 43.2 Å². The lowest BCUT2D eigenvalue weighted by Crippen LogP contribution is -2.10. The summed E-state index contributed by atoms with van der Waals surface area (Å²) in [5, 5.41) is 0.0285. The number of imidazole rings is 1. The maximum absolute atomic E-state index is 13.6. The summed E-state index contributed by atoms with van der Waals surface area (Å²) in [7, 11) is 3.57. The van der Waals surface area contributed by atoms with Crippen molar-refractivity contribution in [2.45, 2.75) is 0 Å². The molecule has 0 unspecified atom stereocenters. The van der Waals surface area contributed by atoms with Crippen LogP contribution in [0.1, 0.15) is 10.5 Å². The molecule has 0 bridgehead atoms. The fourth-order valence-electron chi connectivity index (χ4n) is 3.04. The van der Waals surface area contributed by atoms with E-state index in [1.165, 1.54) is 18.6 Å². The molecule has 150 valence electrons. The van der Waals surface area contributed by atoms with E-state index in [9.17, 15) is 9.18 Å². The number of aliphatic imine (C=N–C) groups is 1. The normalized spacial score (nSPS) is 11.3. The second-order valence-corrected chi connectivity index (χ2v) is 7.24. The van der Waals surface area contributed by atoms with E-state index in [4.69, 9.17) is 11.6 Å². The molecule has 0 spiro atoms. The molecule has 0 saturated heterocycles. The molecule has 0 saturated carbocycles. The Balaban J connectivity index is 1.82. The molecule has 0 aliphatic heterocycles. The number of hydrogen-bond donors (Lipinski definition) is 0. The van der Waals surface area contributed by atoms with Crippen molar-refractivity contribution in [3.63, 3.8) is 0 Å². The van der Waals surface area contributed by atoms with Crippen LogP contribution in [0.4, 0.5) is 4.39 Å². The highest BCUT2D eigenvalue weighted by Gasteiger charge is 2.15. The van der Waals surface area contributed by atoms with Crippen LogP contribution in [-0.4, -0.2) is 45.6 Å². The first kappa shape index (κ1) is 19.7. The van der Waals surface area contributed by atoms with Crippen LogP contribution in [-0.2, 0) is 0 Å². The van der Waals surface area contributed by atoms with Crippen LogP contribution >= 0.6 is 11.6 Å². The zero-order valence-corrected chi connectivity index (χ0v) is 17.0. The van der Waals surface area contributed by atoms with E-state index < -0.39 is 11.7 Å². The van der Waals surface area contributed by atoms with Crippen LogP contribution in [0.5, 0.6) is 0 Å². The summed E-state index contributed by atoms with van der Waals surface area (Å²) in [5.41, 5.74) is 3.94. The van der Waals surface area contributed by atoms with Crippen LogP contribution in [0.25, 0.3) is 28.0 Å². The molecular formula is C22H17ClFN5O. The smallest absolute Gasteiger partial charge is 0.296 e. The van der Waals surface area contributed by atoms with Gasteiger partial charge in [0.25, 0.3) is 5.91 Å². The molecule has 8 heteroatoms. The number of halogens is 2. The average Bonchev–Trinajstić information content (AvgIpc) is 3.17. The third kappa shape index (κ3) is 3.79. The lowest BCUT2D eigenvalue weighted by molar-refractivity contribution is 0.0997. The summed E-state index contributed by atoms with van der Waals surface area (Å²) in [4.78, 5) is 26.9. The minimum Gasteiger partial charge on any atom is -0.369 e. The molecule has 0 aliphatic rings. The van der Waals surface area contributed by atoms with E-state index in [0.717, 1.165) is 11.1 Å². The van der Waals surface area contributed by atoms with Gasteiger partial charge in [0.1, 0.15) is 17.2 Å². The number of rotatable bonds is 4. The molecule has 0 radical (unpaired) electrons. The Labute approximate surface area is 177 Å².